The highest BCUT2D eigenvalue weighted by Gasteiger charge is 2.25. The lowest BCUT2D eigenvalue weighted by Gasteiger charge is -2.10. The first kappa shape index (κ1) is 15.9. The van der Waals surface area contributed by atoms with E-state index in [0.29, 0.717) is 0 Å². The number of nitrogens with zero attached hydrogens (tertiary/aromatic N) is 3. The summed E-state index contributed by atoms with van der Waals surface area (Å²) in [5, 5.41) is 11.2. The van der Waals surface area contributed by atoms with E-state index in [1.54, 1.807) is 18.2 Å². The first-order chi connectivity index (χ1) is 11.4. The quantitative estimate of drug-likeness (QED) is 0.536. The number of nitro groups is 1. The van der Waals surface area contributed by atoms with Gasteiger partial charge in [-0.1, -0.05) is 29.8 Å². The average Bonchev–Trinajstić information content (AvgIpc) is 3.05. The summed E-state index contributed by atoms with van der Waals surface area (Å²) in [5.74, 6) is 0.00266. The Labute approximate surface area is 138 Å². The van der Waals surface area contributed by atoms with Crippen molar-refractivity contribution in [2.75, 3.05) is 0 Å². The zero-order valence-corrected chi connectivity index (χ0v) is 13.5. The fourth-order valence-electron chi connectivity index (χ4n) is 2.32. The van der Waals surface area contributed by atoms with Crippen LogP contribution in [-0.2, 0) is 10.0 Å². The number of benzene rings is 2. The highest BCUT2D eigenvalue weighted by atomic mass is 32.2. The first-order valence-electron chi connectivity index (χ1n) is 7.00. The molecule has 0 N–H and O–H groups in total. The summed E-state index contributed by atoms with van der Waals surface area (Å²) >= 11 is 0. The Balaban J connectivity index is 2.19. The second kappa shape index (κ2) is 5.89. The zero-order chi connectivity index (χ0) is 17.3. The van der Waals surface area contributed by atoms with Gasteiger partial charge < -0.3 is 0 Å². The first-order valence-corrected chi connectivity index (χ1v) is 8.44. The van der Waals surface area contributed by atoms with Crippen LogP contribution in [-0.4, -0.2) is 22.3 Å². The number of imidazole rings is 1. The fourth-order valence-corrected chi connectivity index (χ4v) is 3.61. The van der Waals surface area contributed by atoms with Gasteiger partial charge in [-0.2, -0.15) is 0 Å². The maximum atomic E-state index is 12.8. The van der Waals surface area contributed by atoms with Crippen LogP contribution in [0.25, 0.3) is 11.4 Å². The molecule has 0 unspecified atom stereocenters. The Bertz CT molecular complexity index is 1010. The number of hydrogen-bond donors (Lipinski definition) is 0. The van der Waals surface area contributed by atoms with Gasteiger partial charge in [0.1, 0.15) is 0 Å². The van der Waals surface area contributed by atoms with Gasteiger partial charge in [0.2, 0.25) is 0 Å². The van der Waals surface area contributed by atoms with Crippen LogP contribution >= 0.6 is 0 Å². The molecule has 122 valence electrons. The fraction of sp³-hybridized carbons (Fsp3) is 0.0625. The molecule has 0 aliphatic heterocycles. The highest BCUT2D eigenvalue weighted by Crippen LogP contribution is 2.30. The topological polar surface area (TPSA) is 95.1 Å². The third-order valence-electron chi connectivity index (χ3n) is 3.53. The molecule has 0 aliphatic carbocycles. The Hall–Kier alpha value is -3.00. The molecule has 7 nitrogen and oxygen atoms in total. The van der Waals surface area contributed by atoms with Crippen LogP contribution in [0.1, 0.15) is 5.56 Å². The molecule has 24 heavy (non-hydrogen) atoms. The van der Waals surface area contributed by atoms with Gasteiger partial charge in [0, 0.05) is 18.5 Å². The van der Waals surface area contributed by atoms with Gasteiger partial charge in [-0.15, -0.1) is 0 Å². The number of aryl methyl sites for hydroxylation is 1. The molecule has 2 aromatic carbocycles. The summed E-state index contributed by atoms with van der Waals surface area (Å²) in [6.07, 6.45) is 2.58. The van der Waals surface area contributed by atoms with Crippen LogP contribution in [0.5, 0.6) is 0 Å². The van der Waals surface area contributed by atoms with E-state index in [2.05, 4.69) is 4.98 Å². The van der Waals surface area contributed by atoms with E-state index < -0.39 is 14.9 Å². The van der Waals surface area contributed by atoms with Crippen LogP contribution in [0, 0.1) is 17.0 Å². The van der Waals surface area contributed by atoms with E-state index in [9.17, 15) is 18.5 Å². The maximum Gasteiger partial charge on any atom is 0.280 e. The molecule has 8 heteroatoms. The molecule has 1 heterocycles. The van der Waals surface area contributed by atoms with E-state index >= 15 is 0 Å². The predicted molar refractivity (Wildman–Crippen MR) is 88.1 cm³/mol. The molecule has 1 aromatic heterocycles. The molecule has 0 spiro atoms. The molecule has 0 fully saturated rings. The summed E-state index contributed by atoms with van der Waals surface area (Å²) in [5.41, 5.74) is 0.866. The lowest BCUT2D eigenvalue weighted by Crippen LogP contribution is -2.14. The van der Waals surface area contributed by atoms with Crippen molar-refractivity contribution < 1.29 is 13.3 Å². The van der Waals surface area contributed by atoms with Gasteiger partial charge in [0.05, 0.1) is 15.4 Å². The Morgan fingerprint density at radius 2 is 1.75 bits per heavy atom. The minimum Gasteiger partial charge on any atom is -0.258 e. The molecule has 3 rings (SSSR count). The SMILES string of the molecule is Cc1ccc(S(=O)(=O)n2ccnc2-c2ccccc2[N+](=O)[O-])cc1. The number of hydrogen-bond acceptors (Lipinski definition) is 5. The summed E-state index contributed by atoms with van der Waals surface area (Å²) in [7, 11) is -3.90. The van der Waals surface area contributed by atoms with Crippen molar-refractivity contribution in [1.29, 1.82) is 0 Å². The Morgan fingerprint density at radius 1 is 1.08 bits per heavy atom. The van der Waals surface area contributed by atoms with Crippen molar-refractivity contribution in [2.45, 2.75) is 11.8 Å². The zero-order valence-electron chi connectivity index (χ0n) is 12.7. The van der Waals surface area contributed by atoms with Crippen LogP contribution in [0.3, 0.4) is 0 Å². The van der Waals surface area contributed by atoms with Crippen molar-refractivity contribution in [1.82, 2.24) is 8.96 Å². The summed E-state index contributed by atoms with van der Waals surface area (Å²) in [4.78, 5) is 14.7. The van der Waals surface area contributed by atoms with Gasteiger partial charge in [0.25, 0.3) is 15.7 Å². The van der Waals surface area contributed by atoms with Crippen molar-refractivity contribution in [3.63, 3.8) is 0 Å². The summed E-state index contributed by atoms with van der Waals surface area (Å²) < 4.78 is 26.6. The molecule has 0 radical (unpaired) electrons. The largest absolute Gasteiger partial charge is 0.280 e. The summed E-state index contributed by atoms with van der Waals surface area (Å²) in [6, 6.07) is 12.3. The molecule has 0 bridgehead atoms. The predicted octanol–water partition coefficient (Wildman–Crippen LogP) is 3.00. The van der Waals surface area contributed by atoms with Crippen molar-refractivity contribution in [3.05, 3.63) is 76.6 Å². The van der Waals surface area contributed by atoms with Gasteiger partial charge in [-0.05, 0) is 25.1 Å². The maximum absolute atomic E-state index is 12.8. The molecule has 3 aromatic rings. The number of nitro benzene ring substituents is 1. The van der Waals surface area contributed by atoms with Crippen LogP contribution in [0.2, 0.25) is 0 Å². The van der Waals surface area contributed by atoms with Crippen LogP contribution < -0.4 is 0 Å². The minimum absolute atomic E-state index is 0.00266. The highest BCUT2D eigenvalue weighted by molar-refractivity contribution is 7.90. The van der Waals surface area contributed by atoms with Gasteiger partial charge >= 0.3 is 0 Å². The van der Waals surface area contributed by atoms with E-state index in [1.165, 1.54) is 42.7 Å². The number of para-hydroxylation sites is 1. The third-order valence-corrected chi connectivity index (χ3v) is 5.21. The molecule has 0 amide bonds. The second-order valence-corrected chi connectivity index (χ2v) is 6.95. The summed E-state index contributed by atoms with van der Waals surface area (Å²) in [6.45, 7) is 1.85. The Kier molecular flexibility index (Phi) is 3.90. The number of aromatic nitrogens is 2. The average molecular weight is 343 g/mol. The van der Waals surface area contributed by atoms with Gasteiger partial charge in [-0.25, -0.2) is 17.4 Å². The molecule has 0 atom stereocenters. The molecule has 0 saturated heterocycles. The standard InChI is InChI=1S/C16H13N3O4S/c1-12-6-8-13(9-7-12)24(22,23)18-11-10-17-16(18)14-4-2-3-5-15(14)19(20)21/h2-11H,1H3. The Morgan fingerprint density at radius 3 is 2.42 bits per heavy atom. The van der Waals surface area contributed by atoms with Crippen molar-refractivity contribution >= 4 is 15.7 Å². The minimum atomic E-state index is -3.90. The lowest BCUT2D eigenvalue weighted by atomic mass is 10.2. The monoisotopic (exact) mass is 343 g/mol. The van der Waals surface area contributed by atoms with Crippen LogP contribution in [0.15, 0.2) is 65.8 Å². The van der Waals surface area contributed by atoms with Crippen molar-refractivity contribution in [3.8, 4) is 11.4 Å². The number of rotatable bonds is 4. The lowest BCUT2D eigenvalue weighted by molar-refractivity contribution is -0.384. The molecular formula is C16H13N3O4S. The van der Waals surface area contributed by atoms with E-state index in [-0.39, 0.29) is 22.0 Å². The normalized spacial score (nSPS) is 11.4. The third kappa shape index (κ3) is 2.67. The van der Waals surface area contributed by atoms with Gasteiger partial charge in [-0.3, -0.25) is 10.1 Å². The molecule has 0 aliphatic rings. The van der Waals surface area contributed by atoms with Gasteiger partial charge in [0.15, 0.2) is 5.82 Å². The van der Waals surface area contributed by atoms with E-state index in [0.717, 1.165) is 9.54 Å². The van der Waals surface area contributed by atoms with E-state index in [1.807, 2.05) is 6.92 Å². The van der Waals surface area contributed by atoms with E-state index in [4.69, 9.17) is 0 Å². The van der Waals surface area contributed by atoms with Crippen molar-refractivity contribution in [2.24, 2.45) is 0 Å². The molecular weight excluding hydrogens is 330 g/mol. The second-order valence-electron chi connectivity index (χ2n) is 5.14. The van der Waals surface area contributed by atoms with Crippen LogP contribution in [0.4, 0.5) is 5.69 Å². The smallest absolute Gasteiger partial charge is 0.258 e. The molecule has 0 saturated carbocycles.